The SMILES string of the molecule is Cc1cc(N2CCc3c(c(C)nn3CC34CCC(N5C[C@@H](C)O[C@@H](C)C5)(CC3)CC4)C2)c2cnn(C)c2n1. The van der Waals surface area contributed by atoms with Gasteiger partial charge >= 0.3 is 0 Å². The van der Waals surface area contributed by atoms with Crippen molar-refractivity contribution >= 4 is 16.7 Å². The molecule has 2 bridgehead atoms. The van der Waals surface area contributed by atoms with Crippen LogP contribution in [0.2, 0.25) is 0 Å². The summed E-state index contributed by atoms with van der Waals surface area (Å²) in [4.78, 5) is 10.1. The molecule has 204 valence electrons. The minimum Gasteiger partial charge on any atom is -0.373 e. The molecule has 8 nitrogen and oxygen atoms in total. The first-order valence-electron chi connectivity index (χ1n) is 14.7. The van der Waals surface area contributed by atoms with Gasteiger partial charge in [-0.1, -0.05) is 0 Å². The van der Waals surface area contributed by atoms with E-state index in [1.165, 1.54) is 61.2 Å². The number of morpholine rings is 1. The van der Waals surface area contributed by atoms with E-state index < -0.39 is 0 Å². The maximum Gasteiger partial charge on any atom is 0.159 e. The summed E-state index contributed by atoms with van der Waals surface area (Å²) < 4.78 is 10.4. The number of aryl methyl sites for hydroxylation is 3. The van der Waals surface area contributed by atoms with E-state index in [1.54, 1.807) is 0 Å². The molecule has 2 aliphatic heterocycles. The Morgan fingerprint density at radius 2 is 1.74 bits per heavy atom. The van der Waals surface area contributed by atoms with E-state index >= 15 is 0 Å². The summed E-state index contributed by atoms with van der Waals surface area (Å²) >= 11 is 0. The van der Waals surface area contributed by atoms with Crippen molar-refractivity contribution in [3.05, 3.63) is 34.9 Å². The van der Waals surface area contributed by atoms with Crippen LogP contribution in [0.25, 0.3) is 11.0 Å². The van der Waals surface area contributed by atoms with Gasteiger partial charge in [0, 0.05) is 68.7 Å². The predicted molar refractivity (Wildman–Crippen MR) is 149 cm³/mol. The van der Waals surface area contributed by atoms with Crippen LogP contribution in [0.5, 0.6) is 0 Å². The van der Waals surface area contributed by atoms with Crippen LogP contribution in [-0.2, 0) is 31.3 Å². The number of pyridine rings is 1. The standard InChI is InChI=1S/C30H43N7O/c1-20-14-27(24-15-31-34(5)28(24)32-20)35-13-6-26-25(18-35)23(4)33-37(26)19-29-7-10-30(11-8-29,12-9-29)36-16-21(2)38-22(3)17-36/h14-15,21-22H,6-13,16-19H2,1-5H3/t21-,22+,29?,30?. The molecule has 3 aromatic rings. The largest absolute Gasteiger partial charge is 0.373 e. The molecule has 5 heterocycles. The molecule has 0 unspecified atom stereocenters. The van der Waals surface area contributed by atoms with Crippen molar-refractivity contribution < 1.29 is 4.74 Å². The van der Waals surface area contributed by atoms with Crippen LogP contribution in [-0.4, -0.2) is 66.8 Å². The first-order valence-corrected chi connectivity index (χ1v) is 14.7. The highest BCUT2D eigenvalue weighted by molar-refractivity contribution is 5.89. The van der Waals surface area contributed by atoms with Crippen LogP contribution in [0.15, 0.2) is 12.3 Å². The minimum atomic E-state index is 0.352. The maximum absolute atomic E-state index is 6.06. The van der Waals surface area contributed by atoms with E-state index in [2.05, 4.69) is 53.3 Å². The summed E-state index contributed by atoms with van der Waals surface area (Å²) in [5, 5.41) is 10.8. The highest BCUT2D eigenvalue weighted by atomic mass is 16.5. The Hall–Kier alpha value is -2.45. The third-order valence-electron chi connectivity index (χ3n) is 10.4. The summed E-state index contributed by atoms with van der Waals surface area (Å²) in [6.45, 7) is 14.0. The Bertz CT molecular complexity index is 1340. The van der Waals surface area contributed by atoms with E-state index in [0.29, 0.717) is 23.2 Å². The first-order chi connectivity index (χ1) is 18.2. The monoisotopic (exact) mass is 517 g/mol. The van der Waals surface area contributed by atoms with Gasteiger partial charge in [0.2, 0.25) is 0 Å². The van der Waals surface area contributed by atoms with Crippen LogP contribution in [0.3, 0.4) is 0 Å². The third-order valence-corrected chi connectivity index (χ3v) is 10.4. The Labute approximate surface area is 226 Å². The summed E-state index contributed by atoms with van der Waals surface area (Å²) in [5.41, 5.74) is 8.18. The number of hydrogen-bond donors (Lipinski definition) is 0. The molecule has 4 fully saturated rings. The van der Waals surface area contributed by atoms with Gasteiger partial charge in [-0.25, -0.2) is 4.98 Å². The molecule has 0 N–H and O–H groups in total. The van der Waals surface area contributed by atoms with Gasteiger partial charge in [0.15, 0.2) is 5.65 Å². The quantitative estimate of drug-likeness (QED) is 0.506. The fraction of sp³-hybridized carbons (Fsp3) is 0.700. The van der Waals surface area contributed by atoms with Gasteiger partial charge in [-0.15, -0.1) is 0 Å². The second-order valence-electron chi connectivity index (χ2n) is 13.0. The maximum atomic E-state index is 6.06. The van der Waals surface area contributed by atoms with E-state index in [9.17, 15) is 0 Å². The van der Waals surface area contributed by atoms with Gasteiger partial charge in [-0.05, 0) is 77.7 Å². The summed E-state index contributed by atoms with van der Waals surface area (Å²) in [5.74, 6) is 0. The van der Waals surface area contributed by atoms with E-state index in [-0.39, 0.29) is 0 Å². The van der Waals surface area contributed by atoms with Gasteiger partial charge < -0.3 is 9.64 Å². The fourth-order valence-electron chi connectivity index (χ4n) is 8.32. The smallest absolute Gasteiger partial charge is 0.159 e. The predicted octanol–water partition coefficient (Wildman–Crippen LogP) is 4.55. The van der Waals surface area contributed by atoms with Gasteiger partial charge in [0.05, 0.1) is 35.2 Å². The second kappa shape index (κ2) is 8.78. The van der Waals surface area contributed by atoms with Crippen LogP contribution in [0, 0.1) is 19.3 Å². The Kier molecular flexibility index (Phi) is 5.68. The molecule has 8 rings (SSSR count). The molecule has 5 aliphatic rings. The second-order valence-corrected chi connectivity index (χ2v) is 13.0. The number of ether oxygens (including phenoxy) is 1. The molecule has 8 heteroatoms. The Balaban J connectivity index is 1.09. The lowest BCUT2D eigenvalue weighted by Crippen LogP contribution is -2.62. The van der Waals surface area contributed by atoms with Crippen molar-refractivity contribution in [2.24, 2.45) is 12.5 Å². The van der Waals surface area contributed by atoms with Crippen LogP contribution >= 0.6 is 0 Å². The van der Waals surface area contributed by atoms with Crippen LogP contribution < -0.4 is 4.90 Å². The highest BCUT2D eigenvalue weighted by Gasteiger charge is 2.52. The molecular formula is C30H43N7O. The molecule has 1 saturated heterocycles. The zero-order valence-electron chi connectivity index (χ0n) is 23.8. The van der Waals surface area contributed by atoms with Gasteiger partial charge in [0.1, 0.15) is 0 Å². The Morgan fingerprint density at radius 3 is 2.45 bits per heavy atom. The molecule has 0 aromatic carbocycles. The number of hydrogen-bond acceptors (Lipinski definition) is 6. The molecule has 3 aromatic heterocycles. The van der Waals surface area contributed by atoms with E-state index in [0.717, 1.165) is 55.9 Å². The van der Waals surface area contributed by atoms with E-state index in [1.807, 2.05) is 17.9 Å². The number of fused-ring (bicyclic) bond motifs is 5. The van der Waals surface area contributed by atoms with Crippen molar-refractivity contribution in [1.29, 1.82) is 0 Å². The van der Waals surface area contributed by atoms with Crippen molar-refractivity contribution in [3.8, 4) is 0 Å². The summed E-state index contributed by atoms with van der Waals surface area (Å²) in [6, 6.07) is 2.22. The number of rotatable bonds is 4. The lowest BCUT2D eigenvalue weighted by Gasteiger charge is -2.59. The normalized spacial score (nSPS) is 31.8. The number of aromatic nitrogens is 5. The highest BCUT2D eigenvalue weighted by Crippen LogP contribution is 2.56. The molecule has 3 saturated carbocycles. The average Bonchev–Trinajstić information content (AvgIpc) is 3.42. The van der Waals surface area contributed by atoms with Crippen LogP contribution in [0.4, 0.5) is 5.69 Å². The molecule has 38 heavy (non-hydrogen) atoms. The number of anilines is 1. The topological polar surface area (TPSA) is 64.2 Å². The first kappa shape index (κ1) is 24.6. The van der Waals surface area contributed by atoms with Gasteiger partial charge in [-0.2, -0.15) is 10.2 Å². The summed E-state index contributed by atoms with van der Waals surface area (Å²) in [6.07, 6.45) is 11.7. The number of nitrogens with zero attached hydrogens (tertiary/aromatic N) is 7. The third kappa shape index (κ3) is 3.89. The lowest BCUT2D eigenvalue weighted by atomic mass is 9.56. The molecule has 3 aliphatic carbocycles. The van der Waals surface area contributed by atoms with Crippen molar-refractivity contribution in [2.45, 2.75) is 103 Å². The van der Waals surface area contributed by atoms with E-state index in [4.69, 9.17) is 14.8 Å². The van der Waals surface area contributed by atoms with Crippen molar-refractivity contribution in [2.75, 3.05) is 24.5 Å². The average molecular weight is 518 g/mol. The Morgan fingerprint density at radius 1 is 1.03 bits per heavy atom. The molecular weight excluding hydrogens is 474 g/mol. The van der Waals surface area contributed by atoms with Crippen molar-refractivity contribution in [1.82, 2.24) is 29.4 Å². The fourth-order valence-corrected chi connectivity index (χ4v) is 8.32. The molecule has 2 atom stereocenters. The van der Waals surface area contributed by atoms with Gasteiger partial charge in [0.25, 0.3) is 0 Å². The van der Waals surface area contributed by atoms with Crippen LogP contribution in [0.1, 0.15) is 75.0 Å². The van der Waals surface area contributed by atoms with Gasteiger partial charge in [-0.3, -0.25) is 14.3 Å². The molecule has 0 spiro atoms. The zero-order chi connectivity index (χ0) is 26.2. The molecule has 0 radical (unpaired) electrons. The lowest BCUT2D eigenvalue weighted by molar-refractivity contribution is -0.138. The summed E-state index contributed by atoms with van der Waals surface area (Å²) in [7, 11) is 1.98. The zero-order valence-corrected chi connectivity index (χ0v) is 23.8. The molecule has 0 amide bonds. The minimum absolute atomic E-state index is 0.352. The van der Waals surface area contributed by atoms with Crippen molar-refractivity contribution in [3.63, 3.8) is 0 Å².